The molecule has 78 valence electrons. The number of nitrogens with zero attached hydrogens (tertiary/aromatic N) is 1. The van der Waals surface area contributed by atoms with E-state index >= 15 is 0 Å². The van der Waals surface area contributed by atoms with Crippen LogP contribution in [0.15, 0.2) is 9.47 Å². The molecule has 2 nitrogen and oxygen atoms in total. The van der Waals surface area contributed by atoms with Gasteiger partial charge in [0, 0.05) is 14.2 Å². The predicted octanol–water partition coefficient (Wildman–Crippen LogP) is 3.32. The zero-order valence-electron chi connectivity index (χ0n) is 8.18. The van der Waals surface area contributed by atoms with Crippen molar-refractivity contribution in [2.75, 3.05) is 0 Å². The molecule has 0 amide bonds. The Labute approximate surface area is 101 Å². The van der Waals surface area contributed by atoms with Crippen LogP contribution in [0.2, 0.25) is 0 Å². The standard InChI is InChI=1S/C11H10BrNOS/c12-9-7-2-1-3-8(7)15-10(9)11(4-5-11)13-6-14/h1-5H2. The first kappa shape index (κ1) is 9.76. The molecule has 0 aromatic carbocycles. The maximum atomic E-state index is 10.4. The Morgan fingerprint density at radius 3 is 2.80 bits per heavy atom. The second-order valence-electron chi connectivity index (χ2n) is 4.24. The highest BCUT2D eigenvalue weighted by Gasteiger charge is 2.48. The van der Waals surface area contributed by atoms with Crippen LogP contribution in [0.1, 0.15) is 34.6 Å². The fraction of sp³-hybridized carbons (Fsp3) is 0.545. The van der Waals surface area contributed by atoms with Crippen molar-refractivity contribution in [3.63, 3.8) is 0 Å². The van der Waals surface area contributed by atoms with Crippen molar-refractivity contribution in [2.45, 2.75) is 37.6 Å². The fourth-order valence-electron chi connectivity index (χ4n) is 2.26. The average molecular weight is 284 g/mol. The van der Waals surface area contributed by atoms with E-state index in [9.17, 15) is 4.79 Å². The Balaban J connectivity index is 2.10. The number of thiophene rings is 1. The third kappa shape index (κ3) is 1.36. The Morgan fingerprint density at radius 2 is 2.20 bits per heavy atom. The molecule has 2 aliphatic rings. The molecule has 15 heavy (non-hydrogen) atoms. The molecule has 0 saturated heterocycles. The van der Waals surface area contributed by atoms with Crippen molar-refractivity contribution < 1.29 is 4.79 Å². The van der Waals surface area contributed by atoms with Crippen LogP contribution in [0.4, 0.5) is 0 Å². The third-order valence-electron chi connectivity index (χ3n) is 3.26. The second kappa shape index (κ2) is 3.27. The zero-order chi connectivity index (χ0) is 10.5. The number of isocyanates is 1. The van der Waals surface area contributed by atoms with E-state index < -0.39 is 0 Å². The summed E-state index contributed by atoms with van der Waals surface area (Å²) in [4.78, 5) is 17.2. The lowest BCUT2D eigenvalue weighted by Crippen LogP contribution is -2.00. The van der Waals surface area contributed by atoms with E-state index in [1.54, 1.807) is 6.08 Å². The monoisotopic (exact) mass is 283 g/mol. The van der Waals surface area contributed by atoms with E-state index in [-0.39, 0.29) is 5.54 Å². The molecular formula is C11H10BrNOS. The van der Waals surface area contributed by atoms with E-state index in [0.29, 0.717) is 0 Å². The molecule has 1 heterocycles. The first-order valence-corrected chi connectivity index (χ1v) is 6.77. The van der Waals surface area contributed by atoms with Gasteiger partial charge < -0.3 is 0 Å². The Bertz CT molecular complexity index is 469. The van der Waals surface area contributed by atoms with Gasteiger partial charge in [0.05, 0.1) is 0 Å². The lowest BCUT2D eigenvalue weighted by atomic mass is 10.2. The van der Waals surface area contributed by atoms with Gasteiger partial charge >= 0.3 is 0 Å². The smallest absolute Gasteiger partial charge is 0.211 e. The predicted molar refractivity (Wildman–Crippen MR) is 63.1 cm³/mol. The van der Waals surface area contributed by atoms with Gasteiger partial charge in [0.25, 0.3) is 0 Å². The molecule has 3 rings (SSSR count). The first-order chi connectivity index (χ1) is 7.27. The van der Waals surface area contributed by atoms with Crippen molar-refractivity contribution in [2.24, 2.45) is 4.99 Å². The molecule has 2 aliphatic carbocycles. The minimum absolute atomic E-state index is 0.199. The lowest BCUT2D eigenvalue weighted by Gasteiger charge is -2.05. The zero-order valence-corrected chi connectivity index (χ0v) is 10.6. The van der Waals surface area contributed by atoms with Crippen LogP contribution < -0.4 is 0 Å². The quantitative estimate of drug-likeness (QED) is 0.605. The van der Waals surface area contributed by atoms with Gasteiger partial charge in [-0.15, -0.1) is 11.3 Å². The van der Waals surface area contributed by atoms with Crippen LogP contribution in [-0.4, -0.2) is 6.08 Å². The molecule has 0 radical (unpaired) electrons. The van der Waals surface area contributed by atoms with Gasteiger partial charge in [-0.1, -0.05) is 0 Å². The lowest BCUT2D eigenvalue weighted by molar-refractivity contribution is 0.557. The molecule has 1 fully saturated rings. The van der Waals surface area contributed by atoms with Crippen molar-refractivity contribution in [1.82, 2.24) is 0 Å². The van der Waals surface area contributed by atoms with E-state index in [0.717, 1.165) is 12.8 Å². The van der Waals surface area contributed by atoms with Gasteiger partial charge in [-0.05, 0) is 53.6 Å². The highest BCUT2D eigenvalue weighted by molar-refractivity contribution is 9.10. The van der Waals surface area contributed by atoms with Gasteiger partial charge in [-0.2, -0.15) is 4.99 Å². The minimum Gasteiger partial charge on any atom is -0.211 e. The normalized spacial score (nSPS) is 20.9. The summed E-state index contributed by atoms with van der Waals surface area (Å²) < 4.78 is 1.22. The molecule has 0 bridgehead atoms. The van der Waals surface area contributed by atoms with E-state index in [1.165, 1.54) is 39.1 Å². The Hall–Kier alpha value is -0.440. The fourth-order valence-corrected chi connectivity index (χ4v) is 4.91. The number of aryl methyl sites for hydroxylation is 1. The van der Waals surface area contributed by atoms with Crippen LogP contribution in [0.5, 0.6) is 0 Å². The van der Waals surface area contributed by atoms with Crippen LogP contribution >= 0.6 is 27.3 Å². The van der Waals surface area contributed by atoms with Crippen molar-refractivity contribution in [1.29, 1.82) is 0 Å². The number of rotatable bonds is 2. The summed E-state index contributed by atoms with van der Waals surface area (Å²) in [5, 5.41) is 0. The molecule has 1 aromatic rings. The second-order valence-corrected chi connectivity index (χ2v) is 6.13. The average Bonchev–Trinajstić information content (AvgIpc) is 2.74. The van der Waals surface area contributed by atoms with Crippen LogP contribution in [-0.2, 0) is 23.2 Å². The topological polar surface area (TPSA) is 29.4 Å². The summed E-state index contributed by atoms with van der Waals surface area (Å²) in [6, 6.07) is 0. The summed E-state index contributed by atoms with van der Waals surface area (Å²) in [5.41, 5.74) is 1.26. The van der Waals surface area contributed by atoms with Gasteiger partial charge in [0.15, 0.2) is 0 Å². The molecule has 1 aromatic heterocycles. The van der Waals surface area contributed by atoms with Gasteiger partial charge in [0.1, 0.15) is 5.54 Å². The highest BCUT2D eigenvalue weighted by Crippen LogP contribution is 2.56. The van der Waals surface area contributed by atoms with Crippen molar-refractivity contribution in [3.8, 4) is 0 Å². The highest BCUT2D eigenvalue weighted by atomic mass is 79.9. The molecule has 0 N–H and O–H groups in total. The van der Waals surface area contributed by atoms with Gasteiger partial charge in [-0.25, -0.2) is 4.79 Å². The maximum absolute atomic E-state index is 10.4. The summed E-state index contributed by atoms with van der Waals surface area (Å²) in [6.07, 6.45) is 7.36. The van der Waals surface area contributed by atoms with Crippen LogP contribution in [0, 0.1) is 0 Å². The summed E-state index contributed by atoms with van der Waals surface area (Å²) in [5.74, 6) is 0. The van der Waals surface area contributed by atoms with Gasteiger partial charge in [0.2, 0.25) is 6.08 Å². The first-order valence-electron chi connectivity index (χ1n) is 5.16. The Morgan fingerprint density at radius 1 is 1.40 bits per heavy atom. The molecule has 1 saturated carbocycles. The molecule has 0 unspecified atom stereocenters. The third-order valence-corrected chi connectivity index (χ3v) is 5.89. The number of fused-ring (bicyclic) bond motifs is 1. The van der Waals surface area contributed by atoms with Crippen LogP contribution in [0.25, 0.3) is 0 Å². The number of hydrogen-bond acceptors (Lipinski definition) is 3. The van der Waals surface area contributed by atoms with Crippen molar-refractivity contribution in [3.05, 3.63) is 19.8 Å². The SMILES string of the molecule is O=C=NC1(c2sc3c(c2Br)CCC3)CC1. The molecular weight excluding hydrogens is 274 g/mol. The van der Waals surface area contributed by atoms with E-state index in [4.69, 9.17) is 0 Å². The number of carbonyl (C=O) groups excluding carboxylic acids is 1. The summed E-state index contributed by atoms with van der Waals surface area (Å²) >= 11 is 5.51. The molecule has 0 spiro atoms. The van der Waals surface area contributed by atoms with E-state index in [2.05, 4.69) is 20.9 Å². The largest absolute Gasteiger partial charge is 0.235 e. The Kier molecular flexibility index (Phi) is 2.13. The number of hydrogen-bond donors (Lipinski definition) is 0. The number of aliphatic imine (C=N–C) groups is 1. The molecule has 0 atom stereocenters. The van der Waals surface area contributed by atoms with E-state index in [1.807, 2.05) is 11.3 Å². The molecule has 4 heteroatoms. The summed E-state index contributed by atoms with van der Waals surface area (Å²) in [7, 11) is 0. The van der Waals surface area contributed by atoms with Crippen molar-refractivity contribution >= 4 is 33.3 Å². The number of halogens is 1. The minimum atomic E-state index is -0.199. The van der Waals surface area contributed by atoms with Crippen LogP contribution in [0.3, 0.4) is 0 Å². The van der Waals surface area contributed by atoms with Gasteiger partial charge in [-0.3, -0.25) is 0 Å². The molecule has 0 aliphatic heterocycles. The maximum Gasteiger partial charge on any atom is 0.235 e. The summed E-state index contributed by atoms with van der Waals surface area (Å²) in [6.45, 7) is 0.